The number of carboxylic acid groups (broad SMARTS) is 1. The smallest absolute Gasteiger partial charge is 0.303 e. The largest absolute Gasteiger partial charge is 0.481 e. The van der Waals surface area contributed by atoms with Crippen LogP contribution in [0.2, 0.25) is 0 Å². The maximum atomic E-state index is 12.7. The molecule has 0 radical (unpaired) electrons. The Labute approximate surface area is 142 Å². The Morgan fingerprint density at radius 2 is 2.04 bits per heavy atom. The molecule has 0 atom stereocenters. The van der Waals surface area contributed by atoms with Gasteiger partial charge < -0.3 is 5.11 Å². The summed E-state index contributed by atoms with van der Waals surface area (Å²) in [6.07, 6.45) is 4.12. The summed E-state index contributed by atoms with van der Waals surface area (Å²) in [5.74, 6) is -0.329. The number of hydrogen-bond donors (Lipinski definition) is 1. The molecule has 3 rings (SSSR count). The maximum absolute atomic E-state index is 12.7. The zero-order valence-electron chi connectivity index (χ0n) is 12.9. The van der Waals surface area contributed by atoms with Gasteiger partial charge in [0, 0.05) is 17.8 Å². The Hall–Kier alpha value is -2.73. The first-order valence-corrected chi connectivity index (χ1v) is 8.46. The molecule has 2 heterocycles. The lowest BCUT2D eigenvalue weighted by molar-refractivity contribution is -0.137. The molecule has 1 aromatic carbocycles. The van der Waals surface area contributed by atoms with E-state index in [1.165, 1.54) is 0 Å². The number of fused-ring (bicyclic) bond motifs is 1. The van der Waals surface area contributed by atoms with E-state index in [1.54, 1.807) is 40.2 Å². The molecule has 2 aromatic heterocycles. The summed E-state index contributed by atoms with van der Waals surface area (Å²) in [5.41, 5.74) is 0.500. The number of nitrogens with zero attached hydrogens (tertiary/aromatic N) is 2. The maximum Gasteiger partial charge on any atom is 0.303 e. The van der Waals surface area contributed by atoms with Crippen LogP contribution in [0.25, 0.3) is 23.1 Å². The highest BCUT2D eigenvalue weighted by molar-refractivity contribution is 7.10. The lowest BCUT2D eigenvalue weighted by Gasteiger charge is -2.10. The van der Waals surface area contributed by atoms with Crippen molar-refractivity contribution in [2.45, 2.75) is 19.4 Å². The first-order chi connectivity index (χ1) is 11.6. The first kappa shape index (κ1) is 16.1. The van der Waals surface area contributed by atoms with E-state index in [9.17, 15) is 9.59 Å². The van der Waals surface area contributed by atoms with Gasteiger partial charge in [0.2, 0.25) is 0 Å². The molecule has 1 N–H and O–H groups in total. The molecule has 24 heavy (non-hydrogen) atoms. The fourth-order valence-electron chi connectivity index (χ4n) is 2.46. The van der Waals surface area contributed by atoms with Gasteiger partial charge in [0.1, 0.15) is 5.82 Å². The standard InChI is InChI=1S/C18H16N2O3S/c21-17(22)8-3-11-20-16(10-9-13-5-4-12-24-13)19-15-7-2-1-6-14(15)18(20)23/h1-2,4-7,9-10,12H,3,8,11H2,(H,21,22)/b10-9+. The Morgan fingerprint density at radius 1 is 1.21 bits per heavy atom. The number of carbonyl (C=O) groups is 1. The highest BCUT2D eigenvalue weighted by atomic mass is 32.1. The monoisotopic (exact) mass is 340 g/mol. The van der Waals surface area contributed by atoms with Gasteiger partial charge in [0.05, 0.1) is 10.9 Å². The van der Waals surface area contributed by atoms with Gasteiger partial charge in [-0.1, -0.05) is 18.2 Å². The van der Waals surface area contributed by atoms with Crippen LogP contribution < -0.4 is 5.56 Å². The topological polar surface area (TPSA) is 72.2 Å². The number of aromatic nitrogens is 2. The quantitative estimate of drug-likeness (QED) is 0.745. The van der Waals surface area contributed by atoms with Crippen molar-refractivity contribution in [3.05, 3.63) is 62.8 Å². The summed E-state index contributed by atoms with van der Waals surface area (Å²) in [5, 5.41) is 11.3. The highest BCUT2D eigenvalue weighted by Gasteiger charge is 2.09. The predicted octanol–water partition coefficient (Wildman–Crippen LogP) is 3.49. The third-order valence-corrected chi connectivity index (χ3v) is 4.44. The van der Waals surface area contributed by atoms with Gasteiger partial charge in [-0.05, 0) is 42.2 Å². The number of rotatable bonds is 6. The van der Waals surface area contributed by atoms with Crippen LogP contribution >= 0.6 is 11.3 Å². The summed E-state index contributed by atoms with van der Waals surface area (Å²) < 4.78 is 1.55. The van der Waals surface area contributed by atoms with Crippen molar-refractivity contribution in [2.24, 2.45) is 0 Å². The lowest BCUT2D eigenvalue weighted by Crippen LogP contribution is -2.24. The van der Waals surface area contributed by atoms with Gasteiger partial charge in [-0.3, -0.25) is 14.2 Å². The minimum absolute atomic E-state index is 0.0212. The van der Waals surface area contributed by atoms with Crippen LogP contribution in [-0.2, 0) is 11.3 Å². The summed E-state index contributed by atoms with van der Waals surface area (Å²) >= 11 is 1.60. The molecule has 0 amide bonds. The fourth-order valence-corrected chi connectivity index (χ4v) is 3.08. The number of para-hydroxylation sites is 1. The van der Waals surface area contributed by atoms with Gasteiger partial charge in [0.15, 0.2) is 0 Å². The van der Waals surface area contributed by atoms with Gasteiger partial charge in [-0.25, -0.2) is 4.98 Å². The second-order valence-electron chi connectivity index (χ2n) is 5.29. The van der Waals surface area contributed by atoms with Crippen LogP contribution in [0.15, 0.2) is 46.6 Å². The molecule has 0 aliphatic carbocycles. The van der Waals surface area contributed by atoms with Crippen LogP contribution in [0.5, 0.6) is 0 Å². The van der Waals surface area contributed by atoms with E-state index in [-0.39, 0.29) is 12.0 Å². The van der Waals surface area contributed by atoms with E-state index in [4.69, 9.17) is 5.11 Å². The highest BCUT2D eigenvalue weighted by Crippen LogP contribution is 2.14. The van der Waals surface area contributed by atoms with Crippen molar-refractivity contribution in [1.82, 2.24) is 9.55 Å². The Kier molecular flexibility index (Phi) is 4.86. The summed E-state index contributed by atoms with van der Waals surface area (Å²) in [6, 6.07) is 11.1. The summed E-state index contributed by atoms with van der Waals surface area (Å²) in [4.78, 5) is 29.1. The zero-order chi connectivity index (χ0) is 16.9. The number of hydrogen-bond acceptors (Lipinski definition) is 4. The first-order valence-electron chi connectivity index (χ1n) is 7.58. The van der Waals surface area contributed by atoms with Gasteiger partial charge in [-0.15, -0.1) is 11.3 Å². The average Bonchev–Trinajstić information content (AvgIpc) is 3.08. The van der Waals surface area contributed by atoms with Crippen LogP contribution in [-0.4, -0.2) is 20.6 Å². The predicted molar refractivity (Wildman–Crippen MR) is 96.1 cm³/mol. The fraction of sp³-hybridized carbons (Fsp3) is 0.167. The molecule has 0 fully saturated rings. The van der Waals surface area contributed by atoms with E-state index in [2.05, 4.69) is 4.98 Å². The molecule has 0 saturated carbocycles. The lowest BCUT2D eigenvalue weighted by atomic mass is 10.2. The normalized spacial score (nSPS) is 11.3. The van der Waals surface area contributed by atoms with Gasteiger partial charge in [-0.2, -0.15) is 0 Å². The van der Waals surface area contributed by atoms with Crippen molar-refractivity contribution < 1.29 is 9.90 Å². The molecule has 0 saturated heterocycles. The molecule has 6 heteroatoms. The van der Waals surface area contributed by atoms with Crippen molar-refractivity contribution >= 4 is 40.4 Å². The summed E-state index contributed by atoms with van der Waals surface area (Å²) in [6.45, 7) is 0.326. The third kappa shape index (κ3) is 3.60. The van der Waals surface area contributed by atoms with E-state index in [0.717, 1.165) is 4.88 Å². The van der Waals surface area contributed by atoms with Crippen LogP contribution in [0, 0.1) is 0 Å². The molecule has 0 spiro atoms. The molecule has 0 aliphatic rings. The molecule has 3 aromatic rings. The minimum Gasteiger partial charge on any atom is -0.481 e. The SMILES string of the molecule is O=C(O)CCCn1c(/C=C/c2cccs2)nc2ccccc2c1=O. The number of carboxylic acids is 1. The second-order valence-corrected chi connectivity index (χ2v) is 6.27. The van der Waals surface area contributed by atoms with E-state index < -0.39 is 5.97 Å². The van der Waals surface area contributed by atoms with Gasteiger partial charge in [0.25, 0.3) is 5.56 Å². The Balaban J connectivity index is 2.03. The number of thiophene rings is 1. The molecular formula is C18H16N2O3S. The molecule has 5 nitrogen and oxygen atoms in total. The number of benzene rings is 1. The van der Waals surface area contributed by atoms with Crippen molar-refractivity contribution in [2.75, 3.05) is 0 Å². The second kappa shape index (κ2) is 7.23. The van der Waals surface area contributed by atoms with E-state index >= 15 is 0 Å². The van der Waals surface area contributed by atoms with Crippen LogP contribution in [0.3, 0.4) is 0 Å². The van der Waals surface area contributed by atoms with E-state index in [1.807, 2.05) is 29.7 Å². The van der Waals surface area contributed by atoms with Crippen molar-refractivity contribution in [3.63, 3.8) is 0 Å². The van der Waals surface area contributed by atoms with Gasteiger partial charge >= 0.3 is 5.97 Å². The molecule has 0 bridgehead atoms. The van der Waals surface area contributed by atoms with Crippen molar-refractivity contribution in [3.8, 4) is 0 Å². The van der Waals surface area contributed by atoms with Crippen molar-refractivity contribution in [1.29, 1.82) is 0 Å². The molecule has 122 valence electrons. The molecular weight excluding hydrogens is 324 g/mol. The zero-order valence-corrected chi connectivity index (χ0v) is 13.7. The average molecular weight is 340 g/mol. The summed E-state index contributed by atoms with van der Waals surface area (Å²) in [7, 11) is 0. The molecule has 0 aliphatic heterocycles. The number of aliphatic carboxylic acids is 1. The molecule has 0 unspecified atom stereocenters. The van der Waals surface area contributed by atoms with Crippen LogP contribution in [0.4, 0.5) is 0 Å². The van der Waals surface area contributed by atoms with Crippen LogP contribution in [0.1, 0.15) is 23.5 Å². The Morgan fingerprint density at radius 3 is 2.79 bits per heavy atom. The third-order valence-electron chi connectivity index (χ3n) is 3.60. The van der Waals surface area contributed by atoms with E-state index in [0.29, 0.717) is 29.7 Å². The Bertz CT molecular complexity index is 943. The minimum atomic E-state index is -0.868.